The van der Waals surface area contributed by atoms with Crippen molar-refractivity contribution in [3.05, 3.63) is 65.7 Å². The van der Waals surface area contributed by atoms with Gasteiger partial charge in [0, 0.05) is 10.9 Å². The van der Waals surface area contributed by atoms with Gasteiger partial charge in [0.25, 0.3) is 5.91 Å². The zero-order valence-electron chi connectivity index (χ0n) is 12.1. The van der Waals surface area contributed by atoms with E-state index in [0.29, 0.717) is 10.9 Å². The Morgan fingerprint density at radius 1 is 1.00 bits per heavy atom. The van der Waals surface area contributed by atoms with Crippen molar-refractivity contribution in [2.45, 2.75) is 6.18 Å². The van der Waals surface area contributed by atoms with Crippen molar-refractivity contribution < 1.29 is 23.1 Å². The number of hydrogen-bond donors (Lipinski definition) is 2. The molecule has 0 fully saturated rings. The highest BCUT2D eigenvalue weighted by molar-refractivity contribution is 6.04. The summed E-state index contributed by atoms with van der Waals surface area (Å²) in [5, 5.41) is 13.0. The minimum atomic E-state index is -4.45. The highest BCUT2D eigenvalue weighted by Gasteiger charge is 2.30. The summed E-state index contributed by atoms with van der Waals surface area (Å²) in [6.07, 6.45) is -4.45. The first-order valence-electron chi connectivity index (χ1n) is 6.92. The van der Waals surface area contributed by atoms with Crippen molar-refractivity contribution in [3.63, 3.8) is 0 Å². The standard InChI is InChI=1S/C17H11F3N2O2/c18-17(19,20)12-7-4-11(5-8-12)16(24)22-14-9-6-10-2-1-3-13(23)15(10)21-14/h1-9,23H,(H,21,22,24). The van der Waals surface area contributed by atoms with Crippen LogP contribution in [0.2, 0.25) is 0 Å². The van der Waals surface area contributed by atoms with Gasteiger partial charge in [-0.25, -0.2) is 4.98 Å². The SMILES string of the molecule is O=C(Nc1ccc2cccc(O)c2n1)c1ccc(C(F)(F)F)cc1. The van der Waals surface area contributed by atoms with Crippen LogP contribution < -0.4 is 5.32 Å². The van der Waals surface area contributed by atoms with E-state index in [1.54, 1.807) is 24.3 Å². The molecule has 0 saturated carbocycles. The third kappa shape index (κ3) is 3.15. The number of para-hydroxylation sites is 1. The predicted octanol–water partition coefficient (Wildman–Crippen LogP) is 4.21. The average Bonchev–Trinajstić information content (AvgIpc) is 2.55. The van der Waals surface area contributed by atoms with E-state index in [-0.39, 0.29) is 17.1 Å². The smallest absolute Gasteiger partial charge is 0.416 e. The zero-order valence-corrected chi connectivity index (χ0v) is 12.1. The predicted molar refractivity (Wildman–Crippen MR) is 82.8 cm³/mol. The van der Waals surface area contributed by atoms with Crippen molar-refractivity contribution in [1.29, 1.82) is 0 Å². The maximum atomic E-state index is 12.5. The van der Waals surface area contributed by atoms with Crippen LogP contribution in [0.3, 0.4) is 0 Å². The maximum absolute atomic E-state index is 12.5. The Morgan fingerprint density at radius 2 is 1.71 bits per heavy atom. The molecular formula is C17H11F3N2O2. The summed E-state index contributed by atoms with van der Waals surface area (Å²) in [6.45, 7) is 0. The lowest BCUT2D eigenvalue weighted by molar-refractivity contribution is -0.137. The quantitative estimate of drug-likeness (QED) is 0.739. The number of alkyl halides is 3. The number of phenolic OH excluding ortho intramolecular Hbond substituents is 1. The van der Waals surface area contributed by atoms with E-state index in [2.05, 4.69) is 10.3 Å². The molecule has 3 aromatic rings. The fourth-order valence-corrected chi connectivity index (χ4v) is 2.20. The molecule has 3 rings (SSSR count). The summed E-state index contributed by atoms with van der Waals surface area (Å²) in [4.78, 5) is 16.2. The Bertz CT molecular complexity index is 906. The van der Waals surface area contributed by atoms with Gasteiger partial charge in [0.05, 0.1) is 5.56 Å². The van der Waals surface area contributed by atoms with Crippen molar-refractivity contribution in [2.75, 3.05) is 5.32 Å². The van der Waals surface area contributed by atoms with Gasteiger partial charge in [-0.3, -0.25) is 4.79 Å². The molecule has 122 valence electrons. The molecule has 1 heterocycles. The molecule has 0 aliphatic heterocycles. The molecule has 1 aromatic heterocycles. The summed E-state index contributed by atoms with van der Waals surface area (Å²) < 4.78 is 37.6. The molecule has 0 atom stereocenters. The Balaban J connectivity index is 1.83. The topological polar surface area (TPSA) is 62.2 Å². The number of carbonyl (C=O) groups is 1. The summed E-state index contributed by atoms with van der Waals surface area (Å²) in [7, 11) is 0. The first kappa shape index (κ1) is 15.8. The number of phenols is 1. The number of fused-ring (bicyclic) bond motifs is 1. The molecule has 2 N–H and O–H groups in total. The van der Waals surface area contributed by atoms with Crippen molar-refractivity contribution in [1.82, 2.24) is 4.98 Å². The van der Waals surface area contributed by atoms with Crippen LogP contribution in [0.5, 0.6) is 5.75 Å². The Morgan fingerprint density at radius 3 is 2.38 bits per heavy atom. The van der Waals surface area contributed by atoms with Crippen molar-refractivity contribution in [2.24, 2.45) is 0 Å². The molecule has 0 saturated heterocycles. The molecule has 0 unspecified atom stereocenters. The van der Waals surface area contributed by atoms with E-state index >= 15 is 0 Å². The van der Waals surface area contributed by atoms with Gasteiger partial charge in [-0.1, -0.05) is 12.1 Å². The van der Waals surface area contributed by atoms with Gasteiger partial charge in [-0.05, 0) is 42.5 Å². The third-order valence-corrected chi connectivity index (χ3v) is 3.41. The molecule has 2 aromatic carbocycles. The highest BCUT2D eigenvalue weighted by Crippen LogP contribution is 2.29. The normalized spacial score (nSPS) is 11.5. The monoisotopic (exact) mass is 332 g/mol. The largest absolute Gasteiger partial charge is 0.506 e. The molecule has 1 amide bonds. The van der Waals surface area contributed by atoms with Gasteiger partial charge >= 0.3 is 6.18 Å². The van der Waals surface area contributed by atoms with Gasteiger partial charge < -0.3 is 10.4 Å². The molecule has 0 radical (unpaired) electrons. The lowest BCUT2D eigenvalue weighted by Crippen LogP contribution is -2.13. The number of amides is 1. The Hall–Kier alpha value is -3.09. The molecule has 0 spiro atoms. The van der Waals surface area contributed by atoms with Crippen LogP contribution in [-0.4, -0.2) is 16.0 Å². The van der Waals surface area contributed by atoms with E-state index in [4.69, 9.17) is 0 Å². The van der Waals surface area contributed by atoms with Crippen LogP contribution in [0.25, 0.3) is 10.9 Å². The van der Waals surface area contributed by atoms with E-state index in [1.165, 1.54) is 6.07 Å². The summed E-state index contributed by atoms with van der Waals surface area (Å²) in [6, 6.07) is 12.0. The van der Waals surface area contributed by atoms with E-state index in [1.807, 2.05) is 0 Å². The summed E-state index contributed by atoms with van der Waals surface area (Å²) >= 11 is 0. The fourth-order valence-electron chi connectivity index (χ4n) is 2.20. The number of nitrogens with one attached hydrogen (secondary N) is 1. The van der Waals surface area contributed by atoms with Crippen LogP contribution in [-0.2, 0) is 6.18 Å². The summed E-state index contributed by atoms with van der Waals surface area (Å²) in [5.41, 5.74) is -0.433. The first-order chi connectivity index (χ1) is 11.3. The lowest BCUT2D eigenvalue weighted by Gasteiger charge is -2.09. The van der Waals surface area contributed by atoms with Crippen LogP contribution in [0.15, 0.2) is 54.6 Å². The fraction of sp³-hybridized carbons (Fsp3) is 0.0588. The van der Waals surface area contributed by atoms with Gasteiger partial charge in [-0.2, -0.15) is 13.2 Å². The number of hydrogen-bond acceptors (Lipinski definition) is 3. The summed E-state index contributed by atoms with van der Waals surface area (Å²) in [5.74, 6) is -0.432. The average molecular weight is 332 g/mol. The second-order valence-corrected chi connectivity index (χ2v) is 5.07. The van der Waals surface area contributed by atoms with Crippen molar-refractivity contribution in [3.8, 4) is 5.75 Å². The van der Waals surface area contributed by atoms with Crippen LogP contribution in [0.1, 0.15) is 15.9 Å². The van der Waals surface area contributed by atoms with Crippen LogP contribution in [0, 0.1) is 0 Å². The number of pyridine rings is 1. The second kappa shape index (κ2) is 5.84. The zero-order chi connectivity index (χ0) is 17.3. The number of aromatic hydroxyl groups is 1. The molecule has 0 bridgehead atoms. The first-order valence-corrected chi connectivity index (χ1v) is 6.92. The van der Waals surface area contributed by atoms with Gasteiger partial charge in [0.15, 0.2) is 0 Å². The number of benzene rings is 2. The van der Waals surface area contributed by atoms with Gasteiger partial charge in [-0.15, -0.1) is 0 Å². The number of rotatable bonds is 2. The Labute approximate surface area is 134 Å². The second-order valence-electron chi connectivity index (χ2n) is 5.07. The molecule has 0 aliphatic rings. The highest BCUT2D eigenvalue weighted by atomic mass is 19.4. The molecule has 24 heavy (non-hydrogen) atoms. The van der Waals surface area contributed by atoms with Gasteiger partial charge in [0.2, 0.25) is 0 Å². The van der Waals surface area contributed by atoms with E-state index in [0.717, 1.165) is 24.3 Å². The van der Waals surface area contributed by atoms with Crippen LogP contribution >= 0.6 is 0 Å². The van der Waals surface area contributed by atoms with E-state index in [9.17, 15) is 23.1 Å². The maximum Gasteiger partial charge on any atom is 0.416 e. The number of nitrogens with zero attached hydrogens (tertiary/aromatic N) is 1. The molecule has 4 nitrogen and oxygen atoms in total. The molecule has 7 heteroatoms. The Kier molecular flexibility index (Phi) is 3.84. The lowest BCUT2D eigenvalue weighted by atomic mass is 10.1. The number of aromatic nitrogens is 1. The van der Waals surface area contributed by atoms with Gasteiger partial charge in [0.1, 0.15) is 17.1 Å². The minimum Gasteiger partial charge on any atom is -0.506 e. The third-order valence-electron chi connectivity index (χ3n) is 3.41. The minimum absolute atomic E-state index is 0.0295. The van der Waals surface area contributed by atoms with Crippen LogP contribution in [0.4, 0.5) is 19.0 Å². The van der Waals surface area contributed by atoms with Crippen molar-refractivity contribution >= 4 is 22.6 Å². The number of anilines is 1. The molecular weight excluding hydrogens is 321 g/mol. The van der Waals surface area contributed by atoms with E-state index < -0.39 is 17.6 Å². The molecule has 0 aliphatic carbocycles. The number of halogens is 3. The number of carbonyl (C=O) groups excluding carboxylic acids is 1.